The van der Waals surface area contributed by atoms with Crippen LogP contribution < -0.4 is 5.32 Å². The molecule has 0 rings (SSSR count). The fourth-order valence-corrected chi connectivity index (χ4v) is 0.753. The topological polar surface area (TPSA) is 29.1 Å². The molecule has 2 heteroatoms. The van der Waals surface area contributed by atoms with Crippen molar-refractivity contribution < 1.29 is 4.79 Å². The molecule has 1 N–H and O–H groups in total. The number of unbranched alkanes of at least 4 members (excludes halogenated alkanes) is 2. The summed E-state index contributed by atoms with van der Waals surface area (Å²) in [5.41, 5.74) is 0. The van der Waals surface area contributed by atoms with Crippen molar-refractivity contribution >= 4 is 6.29 Å². The highest BCUT2D eigenvalue weighted by Gasteiger charge is 1.94. The molecule has 0 heterocycles. The summed E-state index contributed by atoms with van der Waals surface area (Å²) in [6, 6.07) is 0.0249. The van der Waals surface area contributed by atoms with Crippen molar-refractivity contribution in [3.8, 4) is 0 Å². The van der Waals surface area contributed by atoms with Crippen LogP contribution in [0.4, 0.5) is 0 Å². The molecular formula is C8H17NO. The van der Waals surface area contributed by atoms with Crippen molar-refractivity contribution in [3.63, 3.8) is 0 Å². The van der Waals surface area contributed by atoms with E-state index in [0.717, 1.165) is 12.8 Å². The van der Waals surface area contributed by atoms with Crippen molar-refractivity contribution in [1.29, 1.82) is 0 Å². The lowest BCUT2D eigenvalue weighted by Gasteiger charge is -2.04. The zero-order chi connectivity index (χ0) is 7.82. The van der Waals surface area contributed by atoms with Crippen LogP contribution in [-0.4, -0.2) is 18.9 Å². The first-order valence-electron chi connectivity index (χ1n) is 4.00. The minimum Gasteiger partial charge on any atom is -0.308 e. The Morgan fingerprint density at radius 2 is 2.20 bits per heavy atom. The van der Waals surface area contributed by atoms with Gasteiger partial charge in [0.15, 0.2) is 0 Å². The van der Waals surface area contributed by atoms with Crippen molar-refractivity contribution in [1.82, 2.24) is 5.32 Å². The first kappa shape index (κ1) is 9.63. The molecule has 0 bridgehead atoms. The molecule has 0 aliphatic carbocycles. The number of nitrogens with one attached hydrogen (secondary N) is 1. The van der Waals surface area contributed by atoms with Gasteiger partial charge in [-0.25, -0.2) is 0 Å². The van der Waals surface area contributed by atoms with E-state index in [4.69, 9.17) is 0 Å². The van der Waals surface area contributed by atoms with E-state index in [2.05, 4.69) is 12.2 Å². The van der Waals surface area contributed by atoms with Gasteiger partial charge < -0.3 is 10.1 Å². The Morgan fingerprint density at radius 1 is 1.50 bits per heavy atom. The van der Waals surface area contributed by atoms with Gasteiger partial charge in [-0.05, 0) is 19.9 Å². The molecule has 0 amide bonds. The van der Waals surface area contributed by atoms with Gasteiger partial charge in [0, 0.05) is 0 Å². The number of carbonyl (C=O) groups is 1. The normalized spacial score (nSPS) is 13.0. The van der Waals surface area contributed by atoms with Crippen LogP contribution in [0, 0.1) is 0 Å². The Morgan fingerprint density at radius 3 is 2.70 bits per heavy atom. The summed E-state index contributed by atoms with van der Waals surface area (Å²) in [6.07, 6.45) is 4.59. The highest BCUT2D eigenvalue weighted by atomic mass is 16.1. The fraction of sp³-hybridized carbons (Fsp3) is 0.875. The van der Waals surface area contributed by atoms with E-state index in [1.165, 1.54) is 19.3 Å². The number of aldehydes is 1. The van der Waals surface area contributed by atoms with Crippen LogP contribution in [0.25, 0.3) is 0 Å². The van der Waals surface area contributed by atoms with E-state index in [1.807, 2.05) is 6.92 Å². The van der Waals surface area contributed by atoms with Crippen molar-refractivity contribution in [2.75, 3.05) is 6.54 Å². The largest absolute Gasteiger partial charge is 0.308 e. The third kappa shape index (κ3) is 5.76. The maximum atomic E-state index is 10.1. The van der Waals surface area contributed by atoms with E-state index >= 15 is 0 Å². The van der Waals surface area contributed by atoms with Gasteiger partial charge in [0.25, 0.3) is 0 Å². The molecule has 0 spiro atoms. The zero-order valence-electron chi connectivity index (χ0n) is 6.89. The molecule has 0 aliphatic heterocycles. The average Bonchev–Trinajstić information content (AvgIpc) is 1.98. The molecule has 1 unspecified atom stereocenters. The maximum absolute atomic E-state index is 10.1. The molecule has 10 heavy (non-hydrogen) atoms. The Hall–Kier alpha value is -0.370. The van der Waals surface area contributed by atoms with E-state index < -0.39 is 0 Å². The first-order chi connectivity index (χ1) is 4.81. The number of carbonyl (C=O) groups excluding carboxylic acids is 1. The van der Waals surface area contributed by atoms with Crippen LogP contribution in [0.2, 0.25) is 0 Å². The monoisotopic (exact) mass is 143 g/mol. The molecule has 2 nitrogen and oxygen atoms in total. The minimum atomic E-state index is 0.0249. The lowest BCUT2D eigenvalue weighted by atomic mass is 10.2. The molecule has 0 aromatic carbocycles. The number of rotatable bonds is 6. The maximum Gasteiger partial charge on any atom is 0.136 e. The van der Waals surface area contributed by atoms with Gasteiger partial charge in [-0.2, -0.15) is 0 Å². The third-order valence-electron chi connectivity index (χ3n) is 1.45. The Labute approximate surface area is 63.0 Å². The molecule has 0 saturated heterocycles. The smallest absolute Gasteiger partial charge is 0.136 e. The molecule has 60 valence electrons. The third-order valence-corrected chi connectivity index (χ3v) is 1.45. The van der Waals surface area contributed by atoms with Crippen molar-refractivity contribution in [3.05, 3.63) is 0 Å². The predicted octanol–water partition coefficient (Wildman–Crippen LogP) is 1.35. The van der Waals surface area contributed by atoms with Crippen LogP contribution >= 0.6 is 0 Å². The van der Waals surface area contributed by atoms with Crippen LogP contribution in [0.15, 0.2) is 0 Å². The van der Waals surface area contributed by atoms with Gasteiger partial charge in [0.2, 0.25) is 0 Å². The van der Waals surface area contributed by atoms with E-state index in [1.54, 1.807) is 0 Å². The molecule has 0 aromatic rings. The standard InChI is InChI=1S/C8H17NO/c1-3-4-5-6-9-8(2)7-10/h7-9H,3-6H2,1-2H3. The highest BCUT2D eigenvalue weighted by Crippen LogP contribution is 1.91. The molecule has 0 fully saturated rings. The lowest BCUT2D eigenvalue weighted by Crippen LogP contribution is -2.27. The summed E-state index contributed by atoms with van der Waals surface area (Å²) in [5.74, 6) is 0. The van der Waals surface area contributed by atoms with Gasteiger partial charge in [0.1, 0.15) is 6.29 Å². The van der Waals surface area contributed by atoms with Crippen LogP contribution in [0.3, 0.4) is 0 Å². The summed E-state index contributed by atoms with van der Waals surface area (Å²) in [4.78, 5) is 10.1. The second kappa shape index (κ2) is 6.75. The SMILES string of the molecule is CCCCCNC(C)C=O. The van der Waals surface area contributed by atoms with E-state index in [9.17, 15) is 4.79 Å². The van der Waals surface area contributed by atoms with Crippen LogP contribution in [0.5, 0.6) is 0 Å². The molecular weight excluding hydrogens is 126 g/mol. The van der Waals surface area contributed by atoms with Crippen LogP contribution in [0.1, 0.15) is 33.1 Å². The summed E-state index contributed by atoms with van der Waals surface area (Å²) in [7, 11) is 0. The highest BCUT2D eigenvalue weighted by molar-refractivity contribution is 5.56. The van der Waals surface area contributed by atoms with Gasteiger partial charge in [-0.1, -0.05) is 19.8 Å². The minimum absolute atomic E-state index is 0.0249. The summed E-state index contributed by atoms with van der Waals surface area (Å²) >= 11 is 0. The van der Waals surface area contributed by atoms with E-state index in [-0.39, 0.29) is 6.04 Å². The quantitative estimate of drug-likeness (QED) is 0.449. The first-order valence-corrected chi connectivity index (χ1v) is 4.00. The van der Waals surface area contributed by atoms with Gasteiger partial charge in [-0.15, -0.1) is 0 Å². The number of hydrogen-bond acceptors (Lipinski definition) is 2. The molecule has 1 atom stereocenters. The summed E-state index contributed by atoms with van der Waals surface area (Å²) in [6.45, 7) is 5.01. The zero-order valence-corrected chi connectivity index (χ0v) is 6.89. The fourth-order valence-electron chi connectivity index (χ4n) is 0.753. The summed E-state index contributed by atoms with van der Waals surface area (Å²) in [5, 5.41) is 3.10. The molecule has 0 aliphatic rings. The van der Waals surface area contributed by atoms with Gasteiger partial charge in [0.05, 0.1) is 6.04 Å². The van der Waals surface area contributed by atoms with Crippen LogP contribution in [-0.2, 0) is 4.79 Å². The van der Waals surface area contributed by atoms with Crippen molar-refractivity contribution in [2.24, 2.45) is 0 Å². The predicted molar refractivity (Wildman–Crippen MR) is 43.1 cm³/mol. The van der Waals surface area contributed by atoms with Gasteiger partial charge in [-0.3, -0.25) is 0 Å². The molecule has 0 saturated carbocycles. The van der Waals surface area contributed by atoms with Crippen molar-refractivity contribution in [2.45, 2.75) is 39.2 Å². The lowest BCUT2D eigenvalue weighted by molar-refractivity contribution is -0.109. The Kier molecular flexibility index (Phi) is 6.50. The second-order valence-electron chi connectivity index (χ2n) is 2.59. The molecule has 0 aromatic heterocycles. The summed E-state index contributed by atoms with van der Waals surface area (Å²) < 4.78 is 0. The number of hydrogen-bond donors (Lipinski definition) is 1. The van der Waals surface area contributed by atoms with E-state index in [0.29, 0.717) is 0 Å². The Balaban J connectivity index is 2.95. The second-order valence-corrected chi connectivity index (χ2v) is 2.59. The Bertz CT molecular complexity index is 83.3. The average molecular weight is 143 g/mol. The van der Waals surface area contributed by atoms with Gasteiger partial charge >= 0.3 is 0 Å². The molecule has 0 radical (unpaired) electrons.